The lowest BCUT2D eigenvalue weighted by Crippen LogP contribution is -2.36. The second-order valence-electron chi connectivity index (χ2n) is 14.1. The predicted octanol–water partition coefficient (Wildman–Crippen LogP) is 10.8. The number of nitrogens with zero attached hydrogens (tertiary/aromatic N) is 2. The first-order chi connectivity index (χ1) is 25.8. The van der Waals surface area contributed by atoms with Crippen LogP contribution < -0.4 is 9.80 Å². The lowest BCUT2D eigenvalue weighted by molar-refractivity contribution is 0.122. The SMILES string of the molecule is c1ccc(-c2c3oc4cc5cc(N6CCOCC6)ccc5cc4c3c(-c3ccccc3)c3oc4cc5cc(N6CCOCC6)ccc5cc4c23)cc1. The zero-order valence-corrected chi connectivity index (χ0v) is 28.7. The zero-order chi connectivity index (χ0) is 34.2. The van der Waals surface area contributed by atoms with E-state index in [4.69, 9.17) is 18.3 Å². The monoisotopic (exact) mass is 680 g/mol. The molecule has 254 valence electrons. The molecule has 0 bridgehead atoms. The molecule has 0 atom stereocenters. The van der Waals surface area contributed by atoms with E-state index >= 15 is 0 Å². The average molecular weight is 681 g/mol. The average Bonchev–Trinajstić information content (AvgIpc) is 3.76. The molecule has 11 rings (SSSR count). The number of rotatable bonds is 4. The summed E-state index contributed by atoms with van der Waals surface area (Å²) in [7, 11) is 0. The molecule has 2 saturated heterocycles. The van der Waals surface area contributed by atoms with Crippen LogP contribution in [-0.4, -0.2) is 52.6 Å². The van der Waals surface area contributed by atoms with Crippen LogP contribution in [0.3, 0.4) is 0 Å². The third-order valence-electron chi connectivity index (χ3n) is 11.1. The van der Waals surface area contributed by atoms with E-state index in [0.29, 0.717) is 0 Å². The summed E-state index contributed by atoms with van der Waals surface area (Å²) in [5, 5.41) is 9.00. The molecule has 2 fully saturated rings. The van der Waals surface area contributed by atoms with E-state index < -0.39 is 0 Å². The molecule has 0 saturated carbocycles. The van der Waals surface area contributed by atoms with Gasteiger partial charge in [0.25, 0.3) is 0 Å². The summed E-state index contributed by atoms with van der Waals surface area (Å²) in [6, 6.07) is 43.9. The van der Waals surface area contributed by atoms with E-state index in [1.54, 1.807) is 0 Å². The molecule has 52 heavy (non-hydrogen) atoms. The van der Waals surface area contributed by atoms with Gasteiger partial charge in [0.1, 0.15) is 22.3 Å². The second-order valence-corrected chi connectivity index (χ2v) is 14.1. The van der Waals surface area contributed by atoms with Crippen LogP contribution >= 0.6 is 0 Å². The molecule has 9 aromatic rings. The van der Waals surface area contributed by atoms with Crippen LogP contribution in [0.5, 0.6) is 0 Å². The van der Waals surface area contributed by atoms with Crippen molar-refractivity contribution in [3.63, 3.8) is 0 Å². The number of hydrogen-bond donors (Lipinski definition) is 0. The van der Waals surface area contributed by atoms with Crippen molar-refractivity contribution in [2.75, 3.05) is 62.4 Å². The number of morpholine rings is 2. The molecule has 2 aliphatic heterocycles. The summed E-state index contributed by atoms with van der Waals surface area (Å²) >= 11 is 0. The van der Waals surface area contributed by atoms with Crippen molar-refractivity contribution in [3.05, 3.63) is 121 Å². The molecule has 0 amide bonds. The lowest BCUT2D eigenvalue weighted by atomic mass is 9.90. The van der Waals surface area contributed by atoms with Crippen molar-refractivity contribution in [1.29, 1.82) is 0 Å². The highest BCUT2D eigenvalue weighted by Gasteiger charge is 2.27. The van der Waals surface area contributed by atoms with Crippen molar-refractivity contribution in [2.45, 2.75) is 0 Å². The maximum absolute atomic E-state index is 7.10. The Bertz CT molecular complexity index is 2610. The lowest BCUT2D eigenvalue weighted by Gasteiger charge is -2.29. The molecule has 2 aliphatic rings. The molecule has 0 aliphatic carbocycles. The van der Waals surface area contributed by atoms with Crippen LogP contribution in [0.15, 0.2) is 130 Å². The minimum Gasteiger partial charge on any atom is -0.455 e. The Morgan fingerprint density at radius 3 is 1.25 bits per heavy atom. The molecule has 6 heteroatoms. The summed E-state index contributed by atoms with van der Waals surface area (Å²) in [4.78, 5) is 4.80. The number of ether oxygens (including phenoxy) is 2. The fraction of sp³-hybridized carbons (Fsp3) is 0.174. The number of furan rings is 2. The van der Waals surface area contributed by atoms with Gasteiger partial charge in [-0.3, -0.25) is 0 Å². The van der Waals surface area contributed by atoms with Gasteiger partial charge in [-0.2, -0.15) is 0 Å². The molecule has 2 aromatic heterocycles. The first-order valence-corrected chi connectivity index (χ1v) is 18.3. The molecule has 7 aromatic carbocycles. The minimum atomic E-state index is 0.756. The molecule has 0 N–H and O–H groups in total. The maximum Gasteiger partial charge on any atom is 0.144 e. The van der Waals surface area contributed by atoms with Crippen molar-refractivity contribution in [2.24, 2.45) is 0 Å². The Kier molecular flexibility index (Phi) is 6.82. The molecule has 0 radical (unpaired) electrons. The predicted molar refractivity (Wildman–Crippen MR) is 213 cm³/mol. The molecular formula is C46H36N2O4. The highest BCUT2D eigenvalue weighted by molar-refractivity contribution is 6.31. The van der Waals surface area contributed by atoms with Gasteiger partial charge in [-0.15, -0.1) is 0 Å². The van der Waals surface area contributed by atoms with Gasteiger partial charge in [-0.25, -0.2) is 0 Å². The molecule has 6 nitrogen and oxygen atoms in total. The van der Waals surface area contributed by atoms with E-state index in [9.17, 15) is 0 Å². The summed E-state index contributed by atoms with van der Waals surface area (Å²) in [6.07, 6.45) is 0. The van der Waals surface area contributed by atoms with E-state index in [0.717, 1.165) is 130 Å². The van der Waals surface area contributed by atoms with Crippen molar-refractivity contribution < 1.29 is 18.3 Å². The highest BCUT2D eigenvalue weighted by Crippen LogP contribution is 2.51. The van der Waals surface area contributed by atoms with Crippen LogP contribution in [-0.2, 0) is 9.47 Å². The first-order valence-electron chi connectivity index (χ1n) is 18.3. The van der Waals surface area contributed by atoms with Crippen LogP contribution in [0.1, 0.15) is 0 Å². The minimum absolute atomic E-state index is 0.756. The highest BCUT2D eigenvalue weighted by atomic mass is 16.5. The number of anilines is 2. The topological polar surface area (TPSA) is 51.2 Å². The Morgan fingerprint density at radius 1 is 0.404 bits per heavy atom. The quantitative estimate of drug-likeness (QED) is 0.184. The van der Waals surface area contributed by atoms with Gasteiger partial charge < -0.3 is 28.1 Å². The van der Waals surface area contributed by atoms with E-state index in [1.807, 2.05) is 0 Å². The normalized spacial score (nSPS) is 15.6. The number of fused-ring (bicyclic) bond motifs is 8. The van der Waals surface area contributed by atoms with Crippen LogP contribution in [0, 0.1) is 0 Å². The first kappa shape index (κ1) is 29.9. The molecular weight excluding hydrogens is 645 g/mol. The Morgan fingerprint density at radius 2 is 0.827 bits per heavy atom. The van der Waals surface area contributed by atoms with Crippen LogP contribution in [0.4, 0.5) is 11.4 Å². The van der Waals surface area contributed by atoms with Crippen molar-refractivity contribution >= 4 is 76.8 Å². The molecule has 0 spiro atoms. The van der Waals surface area contributed by atoms with Gasteiger partial charge in [0.2, 0.25) is 0 Å². The largest absolute Gasteiger partial charge is 0.455 e. The van der Waals surface area contributed by atoms with Crippen molar-refractivity contribution in [3.8, 4) is 22.3 Å². The van der Waals surface area contributed by atoms with Gasteiger partial charge in [0.15, 0.2) is 0 Å². The van der Waals surface area contributed by atoms with Gasteiger partial charge in [-0.05, 0) is 81.2 Å². The van der Waals surface area contributed by atoms with Gasteiger partial charge in [-0.1, -0.05) is 72.8 Å². The van der Waals surface area contributed by atoms with E-state index in [1.165, 1.54) is 22.1 Å². The summed E-state index contributed by atoms with van der Waals surface area (Å²) < 4.78 is 25.5. The third-order valence-corrected chi connectivity index (χ3v) is 11.1. The fourth-order valence-corrected chi connectivity index (χ4v) is 8.53. The van der Waals surface area contributed by atoms with Crippen LogP contribution in [0.2, 0.25) is 0 Å². The van der Waals surface area contributed by atoms with Gasteiger partial charge >= 0.3 is 0 Å². The molecule has 0 unspecified atom stereocenters. The summed E-state index contributed by atoms with van der Waals surface area (Å²) in [5.41, 5.74) is 10.2. The van der Waals surface area contributed by atoms with E-state index in [2.05, 4.69) is 131 Å². The maximum atomic E-state index is 7.10. The van der Waals surface area contributed by atoms with Gasteiger partial charge in [0, 0.05) is 70.2 Å². The molecule has 4 heterocycles. The zero-order valence-electron chi connectivity index (χ0n) is 28.7. The Balaban J connectivity index is 1.23. The second kappa shape index (κ2) is 11.9. The van der Waals surface area contributed by atoms with Crippen molar-refractivity contribution in [1.82, 2.24) is 0 Å². The third kappa shape index (κ3) is 4.71. The number of hydrogen-bond acceptors (Lipinski definition) is 6. The number of benzene rings is 7. The Hall–Kier alpha value is -5.82. The van der Waals surface area contributed by atoms with E-state index in [-0.39, 0.29) is 0 Å². The smallest absolute Gasteiger partial charge is 0.144 e. The van der Waals surface area contributed by atoms with Gasteiger partial charge in [0.05, 0.1) is 26.4 Å². The Labute approximate surface area is 300 Å². The summed E-state index contributed by atoms with van der Waals surface area (Å²) in [6.45, 7) is 6.62. The summed E-state index contributed by atoms with van der Waals surface area (Å²) in [5.74, 6) is 0. The fourth-order valence-electron chi connectivity index (χ4n) is 8.53. The standard InChI is InChI=1S/C46H36N2O4/c1-3-7-29(8-4-1)41-43-37-25-31-11-13-35(47-15-19-49-20-16-47)23-33(31)27-39(37)52-46(43)42(30-9-5-2-6-10-30)44-38-26-32-12-14-36(48-17-21-50-22-18-48)24-34(32)28-40(38)51-45(41)44/h1-14,23-28H,15-22H2. The van der Waals surface area contributed by atoms with Crippen LogP contribution in [0.25, 0.3) is 87.7 Å².